The molecular weight excluding hydrogens is 440 g/mol. The lowest BCUT2D eigenvalue weighted by Gasteiger charge is -2.18. The molecule has 5 rings (SSSR count). The van der Waals surface area contributed by atoms with Crippen LogP contribution in [0, 0.1) is 0 Å². The topological polar surface area (TPSA) is 96.1 Å². The van der Waals surface area contributed by atoms with Crippen LogP contribution in [0.5, 0.6) is 5.75 Å². The van der Waals surface area contributed by atoms with Gasteiger partial charge in [-0.15, -0.1) is 0 Å². The van der Waals surface area contributed by atoms with Gasteiger partial charge in [0.1, 0.15) is 5.75 Å². The fourth-order valence-corrected chi connectivity index (χ4v) is 4.29. The zero-order valence-electron chi connectivity index (χ0n) is 19.1. The summed E-state index contributed by atoms with van der Waals surface area (Å²) in [6.45, 7) is 0.248. The second-order valence-corrected chi connectivity index (χ2v) is 8.16. The van der Waals surface area contributed by atoms with Crippen molar-refractivity contribution >= 4 is 39.3 Å². The number of aromatic nitrogens is 2. The number of carbonyl (C=O) groups is 2. The van der Waals surface area contributed by atoms with Crippen LogP contribution in [0.1, 0.15) is 17.0 Å². The Hall–Kier alpha value is -4.65. The van der Waals surface area contributed by atoms with Crippen molar-refractivity contribution in [2.75, 3.05) is 19.0 Å². The molecule has 3 aromatic carbocycles. The van der Waals surface area contributed by atoms with Crippen molar-refractivity contribution in [2.45, 2.75) is 5.92 Å². The largest absolute Gasteiger partial charge is 0.497 e. The minimum absolute atomic E-state index is 0.171. The highest BCUT2D eigenvalue weighted by Gasteiger charge is 2.22. The highest BCUT2D eigenvalue weighted by Crippen LogP contribution is 2.31. The van der Waals surface area contributed by atoms with Crippen LogP contribution in [0.15, 0.2) is 91.3 Å². The molecule has 174 valence electrons. The Kier molecular flexibility index (Phi) is 6.13. The molecule has 0 aliphatic rings. The number of hydrogen-bond donors (Lipinski definition) is 3. The van der Waals surface area contributed by atoms with Crippen LogP contribution >= 0.6 is 0 Å². The number of nitrogens with zero attached hydrogens (tertiary/aromatic N) is 1. The van der Waals surface area contributed by atoms with Gasteiger partial charge < -0.3 is 20.4 Å². The molecule has 7 heteroatoms. The Labute approximate surface area is 202 Å². The lowest BCUT2D eigenvalue weighted by molar-refractivity contribution is -0.136. The van der Waals surface area contributed by atoms with E-state index < -0.39 is 11.8 Å². The molecule has 0 saturated carbocycles. The van der Waals surface area contributed by atoms with E-state index in [-0.39, 0.29) is 12.5 Å². The van der Waals surface area contributed by atoms with E-state index in [2.05, 4.69) is 20.6 Å². The van der Waals surface area contributed by atoms with Gasteiger partial charge in [-0.2, -0.15) is 0 Å². The maximum absolute atomic E-state index is 12.8. The monoisotopic (exact) mass is 464 g/mol. The summed E-state index contributed by atoms with van der Waals surface area (Å²) in [7, 11) is 1.62. The predicted octanol–water partition coefficient (Wildman–Crippen LogP) is 4.61. The third-order valence-corrected chi connectivity index (χ3v) is 6.08. The molecule has 2 aromatic heterocycles. The van der Waals surface area contributed by atoms with Gasteiger partial charge in [0.15, 0.2) is 0 Å². The predicted molar refractivity (Wildman–Crippen MR) is 137 cm³/mol. The standard InChI is InChI=1S/C28H24N4O3/c1-35-19-13-11-18(12-14-19)22(23-17-30-24-8-3-2-6-20(23)24)16-31-27(33)28(34)32-26-10-4-9-25-21(26)7-5-15-29-25/h2-15,17,22,30H,16H2,1H3,(H,31,33)(H,32,34)/t22-/m1/s1. The molecule has 0 radical (unpaired) electrons. The summed E-state index contributed by atoms with van der Waals surface area (Å²) < 4.78 is 5.29. The molecule has 0 spiro atoms. The summed E-state index contributed by atoms with van der Waals surface area (Å²) >= 11 is 0. The average molecular weight is 465 g/mol. The molecule has 0 aliphatic heterocycles. The summed E-state index contributed by atoms with van der Waals surface area (Å²) in [6, 6.07) is 24.8. The van der Waals surface area contributed by atoms with E-state index in [4.69, 9.17) is 4.74 Å². The summed E-state index contributed by atoms with van der Waals surface area (Å²) in [5.41, 5.74) is 4.32. The molecule has 7 nitrogen and oxygen atoms in total. The normalized spacial score (nSPS) is 11.8. The first-order chi connectivity index (χ1) is 17.1. The van der Waals surface area contributed by atoms with Crippen LogP contribution in [0.3, 0.4) is 0 Å². The quantitative estimate of drug-likeness (QED) is 0.320. The first-order valence-electron chi connectivity index (χ1n) is 11.3. The maximum Gasteiger partial charge on any atom is 0.313 e. The highest BCUT2D eigenvalue weighted by atomic mass is 16.5. The van der Waals surface area contributed by atoms with Crippen molar-refractivity contribution in [3.8, 4) is 5.75 Å². The van der Waals surface area contributed by atoms with Gasteiger partial charge in [0.2, 0.25) is 0 Å². The van der Waals surface area contributed by atoms with Crippen LogP contribution < -0.4 is 15.4 Å². The highest BCUT2D eigenvalue weighted by molar-refractivity contribution is 6.40. The van der Waals surface area contributed by atoms with Gasteiger partial charge >= 0.3 is 11.8 Å². The van der Waals surface area contributed by atoms with Crippen LogP contribution in [0.2, 0.25) is 0 Å². The van der Waals surface area contributed by atoms with Crippen molar-refractivity contribution in [3.05, 3.63) is 102 Å². The molecule has 1 atom stereocenters. The number of H-pyrrole nitrogens is 1. The molecule has 3 N–H and O–H groups in total. The molecular formula is C28H24N4O3. The van der Waals surface area contributed by atoms with Gasteiger partial charge in [-0.25, -0.2) is 0 Å². The number of rotatable bonds is 6. The molecule has 35 heavy (non-hydrogen) atoms. The molecule has 0 bridgehead atoms. The molecule has 2 heterocycles. The summed E-state index contributed by atoms with van der Waals surface area (Å²) in [5, 5.41) is 7.37. The van der Waals surface area contributed by atoms with Gasteiger partial charge in [0, 0.05) is 41.1 Å². The fourth-order valence-electron chi connectivity index (χ4n) is 4.29. The van der Waals surface area contributed by atoms with Crippen molar-refractivity contribution in [3.63, 3.8) is 0 Å². The Morgan fingerprint density at radius 3 is 2.54 bits per heavy atom. The fraction of sp³-hybridized carbons (Fsp3) is 0.107. The summed E-state index contributed by atoms with van der Waals surface area (Å²) in [4.78, 5) is 33.1. The number of ether oxygens (including phenoxy) is 1. The Morgan fingerprint density at radius 1 is 0.914 bits per heavy atom. The zero-order chi connectivity index (χ0) is 24.2. The Balaban J connectivity index is 1.37. The number of para-hydroxylation sites is 1. The number of carbonyl (C=O) groups excluding carboxylic acids is 2. The van der Waals surface area contributed by atoms with E-state index in [0.717, 1.165) is 38.7 Å². The molecule has 5 aromatic rings. The van der Waals surface area contributed by atoms with Crippen molar-refractivity contribution in [1.82, 2.24) is 15.3 Å². The van der Waals surface area contributed by atoms with Crippen LogP contribution in [-0.4, -0.2) is 35.4 Å². The molecule has 0 fully saturated rings. The average Bonchev–Trinajstić information content (AvgIpc) is 3.33. The lowest BCUT2D eigenvalue weighted by Crippen LogP contribution is -2.37. The zero-order valence-corrected chi connectivity index (χ0v) is 19.1. The van der Waals surface area contributed by atoms with E-state index in [1.165, 1.54) is 0 Å². The van der Waals surface area contributed by atoms with Crippen molar-refractivity contribution in [2.24, 2.45) is 0 Å². The van der Waals surface area contributed by atoms with Gasteiger partial charge in [0.25, 0.3) is 0 Å². The van der Waals surface area contributed by atoms with E-state index in [1.807, 2.05) is 66.9 Å². The molecule has 0 aliphatic carbocycles. The van der Waals surface area contributed by atoms with Gasteiger partial charge in [-0.1, -0.05) is 36.4 Å². The van der Waals surface area contributed by atoms with E-state index in [9.17, 15) is 9.59 Å². The maximum atomic E-state index is 12.8. The number of methoxy groups -OCH3 is 1. The third kappa shape index (κ3) is 4.56. The summed E-state index contributed by atoms with van der Waals surface area (Å²) in [5.74, 6) is -0.854. The minimum atomic E-state index is -0.728. The van der Waals surface area contributed by atoms with Crippen molar-refractivity contribution in [1.29, 1.82) is 0 Å². The molecule has 2 amide bonds. The van der Waals surface area contributed by atoms with Crippen molar-refractivity contribution < 1.29 is 14.3 Å². The second-order valence-electron chi connectivity index (χ2n) is 8.16. The number of aromatic amines is 1. The number of pyridine rings is 1. The number of fused-ring (bicyclic) bond motifs is 2. The Bertz CT molecular complexity index is 1500. The summed E-state index contributed by atoms with van der Waals surface area (Å²) in [6.07, 6.45) is 3.64. The first kappa shape index (κ1) is 22.2. The smallest absolute Gasteiger partial charge is 0.313 e. The number of benzene rings is 3. The minimum Gasteiger partial charge on any atom is -0.497 e. The van der Waals surface area contributed by atoms with Gasteiger partial charge in [-0.3, -0.25) is 14.6 Å². The molecule has 0 unspecified atom stereocenters. The van der Waals surface area contributed by atoms with Crippen LogP contribution in [0.4, 0.5) is 5.69 Å². The van der Waals surface area contributed by atoms with E-state index in [1.54, 1.807) is 31.5 Å². The number of anilines is 1. The second kappa shape index (κ2) is 9.69. The van der Waals surface area contributed by atoms with Crippen LogP contribution in [-0.2, 0) is 9.59 Å². The number of hydrogen-bond acceptors (Lipinski definition) is 4. The molecule has 0 saturated heterocycles. The third-order valence-electron chi connectivity index (χ3n) is 6.08. The first-order valence-corrected chi connectivity index (χ1v) is 11.3. The Morgan fingerprint density at radius 2 is 1.71 bits per heavy atom. The lowest BCUT2D eigenvalue weighted by atomic mass is 9.90. The number of nitrogens with one attached hydrogen (secondary N) is 3. The van der Waals surface area contributed by atoms with Crippen LogP contribution in [0.25, 0.3) is 21.8 Å². The SMILES string of the molecule is COc1ccc([C@@H](CNC(=O)C(=O)Nc2cccc3ncccc23)c2c[nH]c3ccccc23)cc1. The number of amides is 2. The van der Waals surface area contributed by atoms with E-state index in [0.29, 0.717) is 5.69 Å². The van der Waals surface area contributed by atoms with Gasteiger partial charge in [-0.05, 0) is 53.6 Å². The van der Waals surface area contributed by atoms with Gasteiger partial charge in [0.05, 0.1) is 18.3 Å². The van der Waals surface area contributed by atoms with E-state index >= 15 is 0 Å².